The van der Waals surface area contributed by atoms with E-state index in [9.17, 15) is 14.7 Å². The van der Waals surface area contributed by atoms with Crippen molar-refractivity contribution in [3.63, 3.8) is 0 Å². The fraction of sp³-hybridized carbons (Fsp3) is 0.167. The molecule has 3 aromatic rings. The molecular weight excluding hydrogens is 386 g/mol. The fourth-order valence-corrected chi connectivity index (χ4v) is 3.33. The molecule has 3 rings (SSSR count). The van der Waals surface area contributed by atoms with Crippen LogP contribution in [0.2, 0.25) is 0 Å². The molecule has 0 aliphatic rings. The third-order valence-corrected chi connectivity index (χ3v) is 5.45. The lowest BCUT2D eigenvalue weighted by Gasteiger charge is -2.26. The summed E-state index contributed by atoms with van der Waals surface area (Å²) < 4.78 is 0. The first-order chi connectivity index (χ1) is 13.7. The average molecular weight is 408 g/mol. The van der Waals surface area contributed by atoms with Gasteiger partial charge in [0.2, 0.25) is 0 Å². The molecule has 1 amide bonds. The second-order valence-electron chi connectivity index (χ2n) is 7.43. The molecule has 0 spiro atoms. The number of amides is 1. The number of carbonyl (C=O) groups excluding carboxylic acids is 2. The van der Waals surface area contributed by atoms with E-state index < -0.39 is 5.24 Å². The summed E-state index contributed by atoms with van der Waals surface area (Å²) in [6, 6.07) is 21.2. The molecule has 3 aromatic carbocycles. The van der Waals surface area contributed by atoms with Gasteiger partial charge in [0, 0.05) is 29.3 Å². The van der Waals surface area contributed by atoms with Crippen molar-refractivity contribution in [3.05, 3.63) is 95.1 Å². The largest absolute Gasteiger partial charge is 0.508 e. The van der Waals surface area contributed by atoms with Crippen molar-refractivity contribution in [1.29, 1.82) is 0 Å². The highest BCUT2D eigenvalue weighted by Crippen LogP contribution is 2.32. The molecule has 0 aliphatic heterocycles. The second-order valence-corrected chi connectivity index (χ2v) is 7.78. The molecule has 0 saturated heterocycles. The molecule has 0 bridgehead atoms. The van der Waals surface area contributed by atoms with Crippen molar-refractivity contribution in [2.75, 3.05) is 11.9 Å². The molecule has 0 unspecified atom stereocenters. The number of anilines is 1. The van der Waals surface area contributed by atoms with Gasteiger partial charge in [0.1, 0.15) is 5.75 Å². The van der Waals surface area contributed by atoms with Crippen LogP contribution in [0.3, 0.4) is 0 Å². The highest BCUT2D eigenvalue weighted by atomic mass is 35.5. The van der Waals surface area contributed by atoms with Gasteiger partial charge in [0.15, 0.2) is 0 Å². The standard InChI is InChI=1S/C24H22ClNO3/c1-24(2,19-10-14-21(27)15-11-19)18-8-4-17(5-9-18)23(29)26(3)20-12-6-16(7-13-20)22(25)28/h4-15,27H,1-3H3. The predicted octanol–water partition coefficient (Wildman–Crippen LogP) is 5.37. The van der Waals surface area contributed by atoms with Crippen LogP contribution in [0.1, 0.15) is 45.7 Å². The Hall–Kier alpha value is -3.11. The Morgan fingerprint density at radius 3 is 1.72 bits per heavy atom. The van der Waals surface area contributed by atoms with Crippen molar-refractivity contribution >= 4 is 28.4 Å². The number of aromatic hydroxyl groups is 1. The van der Waals surface area contributed by atoms with Gasteiger partial charge >= 0.3 is 0 Å². The minimum absolute atomic E-state index is 0.149. The zero-order chi connectivity index (χ0) is 21.2. The summed E-state index contributed by atoms with van der Waals surface area (Å²) in [5, 5.41) is 8.98. The van der Waals surface area contributed by atoms with Crippen molar-refractivity contribution in [3.8, 4) is 5.75 Å². The number of phenolic OH excluding ortho intramolecular Hbond substituents is 1. The van der Waals surface area contributed by atoms with Crippen LogP contribution < -0.4 is 4.90 Å². The third kappa shape index (κ3) is 4.33. The summed E-state index contributed by atoms with van der Waals surface area (Å²) in [5.41, 5.74) is 3.48. The number of carbonyl (C=O) groups is 2. The van der Waals surface area contributed by atoms with Gasteiger partial charge in [-0.2, -0.15) is 0 Å². The van der Waals surface area contributed by atoms with Crippen molar-refractivity contribution in [2.45, 2.75) is 19.3 Å². The Bertz CT molecular complexity index is 1020. The molecule has 1 N–H and O–H groups in total. The van der Waals surface area contributed by atoms with E-state index in [1.807, 2.05) is 36.4 Å². The van der Waals surface area contributed by atoms with Crippen LogP contribution in [0, 0.1) is 0 Å². The van der Waals surface area contributed by atoms with E-state index in [1.54, 1.807) is 43.4 Å². The lowest BCUT2D eigenvalue weighted by molar-refractivity contribution is 0.0992. The number of benzene rings is 3. The molecule has 4 nitrogen and oxygen atoms in total. The smallest absolute Gasteiger partial charge is 0.258 e. The number of nitrogens with zero attached hydrogens (tertiary/aromatic N) is 1. The molecular formula is C24H22ClNO3. The topological polar surface area (TPSA) is 57.6 Å². The number of hydrogen-bond donors (Lipinski definition) is 1. The van der Waals surface area contributed by atoms with Crippen molar-refractivity contribution in [2.24, 2.45) is 0 Å². The van der Waals surface area contributed by atoms with E-state index in [-0.39, 0.29) is 17.1 Å². The minimum Gasteiger partial charge on any atom is -0.508 e. The fourth-order valence-electron chi connectivity index (χ4n) is 3.20. The van der Waals surface area contributed by atoms with Crippen LogP contribution in [0.25, 0.3) is 0 Å². The Labute approximate surface area is 175 Å². The van der Waals surface area contributed by atoms with Gasteiger partial charge in [-0.3, -0.25) is 9.59 Å². The molecule has 5 heteroatoms. The van der Waals surface area contributed by atoms with Gasteiger partial charge in [-0.1, -0.05) is 38.1 Å². The highest BCUT2D eigenvalue weighted by molar-refractivity contribution is 6.67. The maximum atomic E-state index is 12.8. The summed E-state index contributed by atoms with van der Waals surface area (Å²) in [6.45, 7) is 4.20. The van der Waals surface area contributed by atoms with Crippen molar-refractivity contribution in [1.82, 2.24) is 0 Å². The normalized spacial score (nSPS) is 11.2. The quantitative estimate of drug-likeness (QED) is 0.578. The van der Waals surface area contributed by atoms with Crippen LogP contribution in [0.5, 0.6) is 5.75 Å². The lowest BCUT2D eigenvalue weighted by atomic mass is 9.78. The summed E-state index contributed by atoms with van der Waals surface area (Å²) >= 11 is 5.47. The zero-order valence-corrected chi connectivity index (χ0v) is 17.3. The molecule has 148 valence electrons. The first-order valence-corrected chi connectivity index (χ1v) is 9.56. The van der Waals surface area contributed by atoms with Gasteiger partial charge in [-0.15, -0.1) is 0 Å². The average Bonchev–Trinajstić information content (AvgIpc) is 2.73. The van der Waals surface area contributed by atoms with Gasteiger partial charge in [0.05, 0.1) is 0 Å². The Morgan fingerprint density at radius 2 is 1.24 bits per heavy atom. The van der Waals surface area contributed by atoms with E-state index in [1.165, 1.54) is 4.90 Å². The Kier molecular flexibility index (Phi) is 5.76. The summed E-state index contributed by atoms with van der Waals surface area (Å²) in [6.07, 6.45) is 0. The summed E-state index contributed by atoms with van der Waals surface area (Å²) in [4.78, 5) is 25.6. The van der Waals surface area contributed by atoms with Crippen molar-refractivity contribution < 1.29 is 14.7 Å². The summed E-state index contributed by atoms with van der Waals surface area (Å²) in [7, 11) is 1.69. The zero-order valence-electron chi connectivity index (χ0n) is 16.5. The number of rotatable bonds is 5. The maximum absolute atomic E-state index is 12.8. The van der Waals surface area contributed by atoms with Gasteiger partial charge in [0.25, 0.3) is 11.1 Å². The van der Waals surface area contributed by atoms with Crippen LogP contribution in [0.4, 0.5) is 5.69 Å². The maximum Gasteiger partial charge on any atom is 0.258 e. The van der Waals surface area contributed by atoms with Crippen LogP contribution in [-0.4, -0.2) is 23.3 Å². The third-order valence-electron chi connectivity index (χ3n) is 5.23. The van der Waals surface area contributed by atoms with E-state index in [2.05, 4.69) is 13.8 Å². The van der Waals surface area contributed by atoms with Crippen LogP contribution >= 0.6 is 11.6 Å². The second kappa shape index (κ2) is 8.10. The first-order valence-electron chi connectivity index (χ1n) is 9.18. The molecule has 0 aliphatic carbocycles. The van der Waals surface area contributed by atoms with E-state index in [0.717, 1.165) is 11.1 Å². The van der Waals surface area contributed by atoms with E-state index >= 15 is 0 Å². The van der Waals surface area contributed by atoms with Gasteiger partial charge in [-0.25, -0.2) is 0 Å². The molecule has 0 heterocycles. The first kappa shape index (κ1) is 20.6. The molecule has 0 atom stereocenters. The molecule has 0 saturated carbocycles. The van der Waals surface area contributed by atoms with Crippen LogP contribution in [0.15, 0.2) is 72.8 Å². The Balaban J connectivity index is 1.80. The summed E-state index contributed by atoms with van der Waals surface area (Å²) in [5.74, 6) is 0.0842. The number of hydrogen-bond acceptors (Lipinski definition) is 3. The number of phenols is 1. The molecule has 0 aromatic heterocycles. The van der Waals surface area contributed by atoms with E-state index in [0.29, 0.717) is 16.8 Å². The minimum atomic E-state index is -0.530. The van der Waals surface area contributed by atoms with Crippen LogP contribution in [-0.2, 0) is 5.41 Å². The van der Waals surface area contributed by atoms with Gasteiger partial charge in [-0.05, 0) is 71.3 Å². The predicted molar refractivity (Wildman–Crippen MR) is 116 cm³/mol. The number of halogens is 1. The van der Waals surface area contributed by atoms with Gasteiger partial charge < -0.3 is 10.0 Å². The molecule has 0 radical (unpaired) electrons. The van der Waals surface area contributed by atoms with E-state index in [4.69, 9.17) is 11.6 Å². The highest BCUT2D eigenvalue weighted by Gasteiger charge is 2.24. The molecule has 0 fully saturated rings. The Morgan fingerprint density at radius 1 is 0.793 bits per heavy atom. The molecule has 29 heavy (non-hydrogen) atoms. The lowest BCUT2D eigenvalue weighted by Crippen LogP contribution is -2.26. The monoisotopic (exact) mass is 407 g/mol. The SMILES string of the molecule is CN(C(=O)c1ccc(C(C)(C)c2ccc(O)cc2)cc1)c1ccc(C(=O)Cl)cc1.